The van der Waals surface area contributed by atoms with Gasteiger partial charge in [-0.3, -0.25) is 9.78 Å². The number of pyridine rings is 1. The molecule has 0 bridgehead atoms. The summed E-state index contributed by atoms with van der Waals surface area (Å²) in [6, 6.07) is 16.9. The van der Waals surface area contributed by atoms with E-state index in [1.165, 1.54) is 42.5 Å². The van der Waals surface area contributed by atoms with E-state index in [4.69, 9.17) is 0 Å². The van der Waals surface area contributed by atoms with Gasteiger partial charge >= 0.3 is 12.7 Å². The molecular weight excluding hydrogens is 526 g/mol. The number of ether oxygens (including phenoxy) is 2. The molecule has 0 radical (unpaired) electrons. The highest BCUT2D eigenvalue weighted by atomic mass is 19.4. The SMILES string of the molecule is O=C(/C=C/C=C(c1ccc(OC(F)(F)F)cc1)c1ccc(OC(F)(F)F)cc1)Nc1cccc2cnccc12. The minimum atomic E-state index is -4.87. The molecule has 5 nitrogen and oxygen atoms in total. The molecule has 39 heavy (non-hydrogen) atoms. The lowest BCUT2D eigenvalue weighted by atomic mass is 9.97. The molecule has 1 amide bonds. The molecule has 3 aromatic carbocycles. The zero-order valence-electron chi connectivity index (χ0n) is 19.8. The number of nitrogens with zero attached hydrogens (tertiary/aromatic N) is 1. The van der Waals surface area contributed by atoms with Crippen LogP contribution in [0.25, 0.3) is 16.3 Å². The third-order valence-electron chi connectivity index (χ3n) is 5.25. The molecule has 0 spiro atoms. The van der Waals surface area contributed by atoms with Gasteiger partial charge in [-0.1, -0.05) is 48.6 Å². The Morgan fingerprint density at radius 2 is 1.33 bits per heavy atom. The van der Waals surface area contributed by atoms with Crippen LogP contribution in [0, 0.1) is 0 Å². The van der Waals surface area contributed by atoms with Crippen LogP contribution in [0.2, 0.25) is 0 Å². The fourth-order valence-electron chi connectivity index (χ4n) is 3.67. The van der Waals surface area contributed by atoms with Crippen molar-refractivity contribution in [3.05, 3.63) is 115 Å². The van der Waals surface area contributed by atoms with Gasteiger partial charge in [0.1, 0.15) is 11.5 Å². The third-order valence-corrected chi connectivity index (χ3v) is 5.25. The normalized spacial score (nSPS) is 11.8. The predicted molar refractivity (Wildman–Crippen MR) is 133 cm³/mol. The zero-order valence-corrected chi connectivity index (χ0v) is 19.8. The summed E-state index contributed by atoms with van der Waals surface area (Å²) in [5, 5.41) is 4.38. The number of benzene rings is 3. The van der Waals surface area contributed by atoms with E-state index in [9.17, 15) is 31.1 Å². The average molecular weight is 544 g/mol. The second-order valence-corrected chi connectivity index (χ2v) is 7.98. The Hall–Kier alpha value is -4.80. The van der Waals surface area contributed by atoms with E-state index in [2.05, 4.69) is 19.8 Å². The Bertz CT molecular complexity index is 1440. The molecule has 0 saturated carbocycles. The minimum Gasteiger partial charge on any atom is -0.406 e. The van der Waals surface area contributed by atoms with Gasteiger partial charge in [-0.15, -0.1) is 26.3 Å². The molecule has 0 atom stereocenters. The fourth-order valence-corrected chi connectivity index (χ4v) is 3.67. The topological polar surface area (TPSA) is 60.5 Å². The van der Waals surface area contributed by atoms with Gasteiger partial charge in [-0.05, 0) is 53.1 Å². The number of alkyl halides is 6. The lowest BCUT2D eigenvalue weighted by molar-refractivity contribution is -0.275. The highest BCUT2D eigenvalue weighted by Crippen LogP contribution is 2.30. The maximum Gasteiger partial charge on any atom is 0.573 e. The summed E-state index contributed by atoms with van der Waals surface area (Å²) in [5.41, 5.74) is 1.81. The van der Waals surface area contributed by atoms with Gasteiger partial charge in [-0.2, -0.15) is 0 Å². The van der Waals surface area contributed by atoms with Crippen molar-refractivity contribution in [2.45, 2.75) is 12.7 Å². The van der Waals surface area contributed by atoms with E-state index in [0.29, 0.717) is 22.4 Å². The van der Waals surface area contributed by atoms with Crippen molar-refractivity contribution >= 4 is 27.9 Å². The first-order chi connectivity index (χ1) is 18.5. The molecule has 4 rings (SSSR count). The minimum absolute atomic E-state index is 0.410. The van der Waals surface area contributed by atoms with E-state index >= 15 is 0 Å². The zero-order chi connectivity index (χ0) is 28.0. The maximum atomic E-state index is 12.6. The molecule has 0 saturated heterocycles. The molecule has 200 valence electrons. The van der Waals surface area contributed by atoms with Crippen LogP contribution in [0.1, 0.15) is 11.1 Å². The van der Waals surface area contributed by atoms with Crippen molar-refractivity contribution in [3.63, 3.8) is 0 Å². The van der Waals surface area contributed by atoms with Crippen LogP contribution in [-0.2, 0) is 4.79 Å². The highest BCUT2D eigenvalue weighted by Gasteiger charge is 2.31. The molecule has 11 heteroatoms. The van der Waals surface area contributed by atoms with Crippen LogP contribution >= 0.6 is 0 Å². The van der Waals surface area contributed by atoms with Crippen molar-refractivity contribution in [1.29, 1.82) is 0 Å². The number of hydrogen-bond acceptors (Lipinski definition) is 4. The second-order valence-electron chi connectivity index (χ2n) is 7.98. The number of carbonyl (C=O) groups is 1. The summed E-state index contributed by atoms with van der Waals surface area (Å²) < 4.78 is 83.0. The number of fused-ring (bicyclic) bond motifs is 1. The standard InChI is InChI=1S/C28H18F6N2O3/c29-27(30,31)38-21-11-7-18(8-12-21)23(19-9-13-22(14-10-19)39-28(32,33)34)4-2-6-26(37)36-25-5-1-3-20-17-35-16-15-24(20)25/h1-17H,(H,36,37)/b6-2+. The summed E-state index contributed by atoms with van der Waals surface area (Å²) in [6.07, 6.45) is -2.33. The van der Waals surface area contributed by atoms with E-state index < -0.39 is 30.1 Å². The first-order valence-electron chi connectivity index (χ1n) is 11.2. The summed E-state index contributed by atoms with van der Waals surface area (Å²) in [6.45, 7) is 0. The summed E-state index contributed by atoms with van der Waals surface area (Å²) >= 11 is 0. The van der Waals surface area contributed by atoms with Crippen molar-refractivity contribution in [2.75, 3.05) is 5.32 Å². The third kappa shape index (κ3) is 7.84. The van der Waals surface area contributed by atoms with Gasteiger partial charge in [0.25, 0.3) is 0 Å². The second kappa shape index (κ2) is 11.3. The molecule has 0 fully saturated rings. The smallest absolute Gasteiger partial charge is 0.406 e. The lowest BCUT2D eigenvalue weighted by Crippen LogP contribution is -2.17. The molecular formula is C28H18F6N2O3. The number of halogens is 6. The number of carbonyl (C=O) groups excluding carboxylic acids is 1. The first-order valence-corrected chi connectivity index (χ1v) is 11.2. The molecule has 0 aliphatic heterocycles. The number of anilines is 1. The van der Waals surface area contributed by atoms with Crippen molar-refractivity contribution in [2.24, 2.45) is 0 Å². The Labute approximate surface area is 218 Å². The fraction of sp³-hybridized carbons (Fsp3) is 0.0714. The maximum absolute atomic E-state index is 12.6. The molecule has 1 aromatic heterocycles. The number of allylic oxidation sites excluding steroid dienone is 2. The molecule has 4 aromatic rings. The van der Waals surface area contributed by atoms with Gasteiger partial charge in [-0.25, -0.2) is 0 Å². The predicted octanol–water partition coefficient (Wildman–Crippen LogP) is 7.66. The number of aromatic nitrogens is 1. The van der Waals surface area contributed by atoms with Crippen LogP contribution in [0.5, 0.6) is 11.5 Å². The van der Waals surface area contributed by atoms with Gasteiger partial charge in [0.05, 0.1) is 0 Å². The van der Waals surface area contributed by atoms with Crippen molar-refractivity contribution < 1.29 is 40.6 Å². The summed E-state index contributed by atoms with van der Waals surface area (Å²) in [4.78, 5) is 16.6. The Balaban J connectivity index is 1.60. The van der Waals surface area contributed by atoms with E-state index in [1.807, 2.05) is 6.07 Å². The molecule has 0 aliphatic carbocycles. The van der Waals surface area contributed by atoms with Crippen LogP contribution in [0.15, 0.2) is 103 Å². The highest BCUT2D eigenvalue weighted by molar-refractivity contribution is 6.06. The largest absolute Gasteiger partial charge is 0.573 e. The van der Waals surface area contributed by atoms with Crippen LogP contribution in [0.4, 0.5) is 32.0 Å². The van der Waals surface area contributed by atoms with E-state index in [0.717, 1.165) is 35.0 Å². The molecule has 0 unspecified atom stereocenters. The number of hydrogen-bond donors (Lipinski definition) is 1. The average Bonchev–Trinajstić information content (AvgIpc) is 2.86. The Morgan fingerprint density at radius 1 is 0.769 bits per heavy atom. The number of rotatable bonds is 7. The van der Waals surface area contributed by atoms with E-state index in [-0.39, 0.29) is 0 Å². The van der Waals surface area contributed by atoms with E-state index in [1.54, 1.807) is 30.6 Å². The quantitative estimate of drug-likeness (QED) is 0.147. The first kappa shape index (κ1) is 27.2. The van der Waals surface area contributed by atoms with Crippen LogP contribution in [0.3, 0.4) is 0 Å². The Morgan fingerprint density at radius 3 is 1.87 bits per heavy atom. The van der Waals surface area contributed by atoms with Crippen LogP contribution in [-0.4, -0.2) is 23.6 Å². The number of amides is 1. The Kier molecular flexibility index (Phi) is 7.89. The molecule has 1 heterocycles. The van der Waals surface area contributed by atoms with Gasteiger partial charge in [0.15, 0.2) is 0 Å². The van der Waals surface area contributed by atoms with Gasteiger partial charge in [0.2, 0.25) is 5.91 Å². The van der Waals surface area contributed by atoms with Crippen molar-refractivity contribution in [1.82, 2.24) is 4.98 Å². The molecule has 1 N–H and O–H groups in total. The van der Waals surface area contributed by atoms with Crippen molar-refractivity contribution in [3.8, 4) is 11.5 Å². The van der Waals surface area contributed by atoms with Gasteiger partial charge in [0, 0.05) is 34.9 Å². The van der Waals surface area contributed by atoms with Gasteiger partial charge < -0.3 is 14.8 Å². The summed E-state index contributed by atoms with van der Waals surface area (Å²) in [7, 11) is 0. The van der Waals surface area contributed by atoms with Crippen LogP contribution < -0.4 is 14.8 Å². The lowest BCUT2D eigenvalue weighted by Gasteiger charge is -2.13. The number of nitrogens with one attached hydrogen (secondary N) is 1. The summed E-state index contributed by atoms with van der Waals surface area (Å²) in [5.74, 6) is -1.35. The monoisotopic (exact) mass is 544 g/mol. The molecule has 0 aliphatic rings.